The van der Waals surface area contributed by atoms with E-state index in [1.807, 2.05) is 0 Å². The molecule has 0 bridgehead atoms. The monoisotopic (exact) mass is 237 g/mol. The van der Waals surface area contributed by atoms with Crippen molar-refractivity contribution in [3.05, 3.63) is 17.7 Å². The maximum atomic E-state index is 11.8. The molecule has 1 aliphatic rings. The van der Waals surface area contributed by atoms with E-state index in [4.69, 9.17) is 4.74 Å². The van der Waals surface area contributed by atoms with Crippen LogP contribution in [0.15, 0.2) is 6.33 Å². The molecule has 0 aromatic carbocycles. The van der Waals surface area contributed by atoms with Gasteiger partial charge < -0.3 is 9.72 Å². The number of imidazole rings is 1. The SMILES string of the molecule is CC(C)CCOC(=O)C1Cc2nc[nH]c2CN1. The molecular weight excluding hydrogens is 218 g/mol. The number of hydrogen-bond acceptors (Lipinski definition) is 4. The highest BCUT2D eigenvalue weighted by molar-refractivity contribution is 5.76. The van der Waals surface area contributed by atoms with Crippen LogP contribution in [0.2, 0.25) is 0 Å². The Morgan fingerprint density at radius 1 is 1.65 bits per heavy atom. The lowest BCUT2D eigenvalue weighted by Gasteiger charge is -2.21. The maximum Gasteiger partial charge on any atom is 0.323 e. The van der Waals surface area contributed by atoms with Gasteiger partial charge in [-0.2, -0.15) is 0 Å². The van der Waals surface area contributed by atoms with Gasteiger partial charge in [0.25, 0.3) is 0 Å². The highest BCUT2D eigenvalue weighted by Crippen LogP contribution is 2.13. The molecular formula is C12H19N3O2. The van der Waals surface area contributed by atoms with Crippen LogP contribution in [0, 0.1) is 5.92 Å². The predicted molar refractivity (Wildman–Crippen MR) is 63.3 cm³/mol. The Labute approximate surface area is 101 Å². The van der Waals surface area contributed by atoms with Gasteiger partial charge in [0.1, 0.15) is 6.04 Å². The molecule has 94 valence electrons. The van der Waals surface area contributed by atoms with Crippen molar-refractivity contribution in [3.8, 4) is 0 Å². The van der Waals surface area contributed by atoms with Gasteiger partial charge in [-0.05, 0) is 12.3 Å². The van der Waals surface area contributed by atoms with Crippen molar-refractivity contribution in [3.63, 3.8) is 0 Å². The largest absolute Gasteiger partial charge is 0.465 e. The highest BCUT2D eigenvalue weighted by Gasteiger charge is 2.26. The number of nitrogens with one attached hydrogen (secondary N) is 2. The zero-order chi connectivity index (χ0) is 12.3. The number of carbonyl (C=O) groups is 1. The average Bonchev–Trinajstić information content (AvgIpc) is 2.75. The van der Waals surface area contributed by atoms with E-state index in [1.165, 1.54) is 0 Å². The third kappa shape index (κ3) is 3.06. The van der Waals surface area contributed by atoms with Crippen molar-refractivity contribution in [1.82, 2.24) is 15.3 Å². The summed E-state index contributed by atoms with van der Waals surface area (Å²) >= 11 is 0. The van der Waals surface area contributed by atoms with E-state index in [-0.39, 0.29) is 12.0 Å². The number of H-pyrrole nitrogens is 1. The van der Waals surface area contributed by atoms with E-state index in [1.54, 1.807) is 6.33 Å². The van der Waals surface area contributed by atoms with Gasteiger partial charge in [0, 0.05) is 13.0 Å². The molecule has 1 aliphatic heterocycles. The average molecular weight is 237 g/mol. The minimum Gasteiger partial charge on any atom is -0.465 e. The summed E-state index contributed by atoms with van der Waals surface area (Å²) in [4.78, 5) is 19.0. The van der Waals surface area contributed by atoms with Crippen LogP contribution in [-0.4, -0.2) is 28.6 Å². The van der Waals surface area contributed by atoms with Crippen LogP contribution in [0.25, 0.3) is 0 Å². The van der Waals surface area contributed by atoms with Crippen molar-refractivity contribution in [2.24, 2.45) is 5.92 Å². The summed E-state index contributed by atoms with van der Waals surface area (Å²) in [5.41, 5.74) is 2.03. The molecule has 0 saturated heterocycles. The van der Waals surface area contributed by atoms with Gasteiger partial charge in [0.2, 0.25) is 0 Å². The number of carbonyl (C=O) groups excluding carboxylic acids is 1. The van der Waals surface area contributed by atoms with Gasteiger partial charge in [-0.25, -0.2) is 4.98 Å². The third-order valence-corrected chi connectivity index (χ3v) is 2.95. The summed E-state index contributed by atoms with van der Waals surface area (Å²) in [6.07, 6.45) is 3.18. The van der Waals surface area contributed by atoms with E-state index in [2.05, 4.69) is 29.1 Å². The third-order valence-electron chi connectivity index (χ3n) is 2.95. The molecule has 1 aromatic heterocycles. The molecule has 1 unspecified atom stereocenters. The second-order valence-corrected chi connectivity index (χ2v) is 4.82. The molecule has 0 radical (unpaired) electrons. The van der Waals surface area contributed by atoms with E-state index < -0.39 is 0 Å². The Morgan fingerprint density at radius 3 is 3.24 bits per heavy atom. The number of aromatic amines is 1. The first-order chi connectivity index (χ1) is 8.16. The zero-order valence-corrected chi connectivity index (χ0v) is 10.3. The molecule has 1 atom stereocenters. The Morgan fingerprint density at radius 2 is 2.47 bits per heavy atom. The minimum atomic E-state index is -0.252. The topological polar surface area (TPSA) is 67.0 Å². The van der Waals surface area contributed by atoms with Gasteiger partial charge in [-0.1, -0.05) is 13.8 Å². The minimum absolute atomic E-state index is 0.167. The van der Waals surface area contributed by atoms with Crippen LogP contribution < -0.4 is 5.32 Å². The zero-order valence-electron chi connectivity index (χ0n) is 10.3. The number of aromatic nitrogens is 2. The first-order valence-electron chi connectivity index (χ1n) is 6.08. The fourth-order valence-corrected chi connectivity index (χ4v) is 1.83. The van der Waals surface area contributed by atoms with Crippen LogP contribution >= 0.6 is 0 Å². The van der Waals surface area contributed by atoms with Crippen molar-refractivity contribution in [2.75, 3.05) is 6.61 Å². The first-order valence-corrected chi connectivity index (χ1v) is 6.08. The van der Waals surface area contributed by atoms with Crippen LogP contribution in [-0.2, 0) is 22.5 Å². The van der Waals surface area contributed by atoms with Crippen molar-refractivity contribution < 1.29 is 9.53 Å². The van der Waals surface area contributed by atoms with E-state index >= 15 is 0 Å². The van der Waals surface area contributed by atoms with E-state index in [0.717, 1.165) is 17.8 Å². The molecule has 0 saturated carbocycles. The lowest BCUT2D eigenvalue weighted by Crippen LogP contribution is -2.43. The predicted octanol–water partition coefficient (Wildman–Crippen LogP) is 1.01. The summed E-state index contributed by atoms with van der Waals surface area (Å²) in [6.45, 7) is 5.38. The molecule has 2 rings (SSSR count). The fourth-order valence-electron chi connectivity index (χ4n) is 1.83. The summed E-state index contributed by atoms with van der Waals surface area (Å²) in [6, 6.07) is -0.252. The Hall–Kier alpha value is -1.36. The number of hydrogen-bond donors (Lipinski definition) is 2. The molecule has 17 heavy (non-hydrogen) atoms. The maximum absolute atomic E-state index is 11.8. The second-order valence-electron chi connectivity index (χ2n) is 4.82. The van der Waals surface area contributed by atoms with Crippen LogP contribution in [0.1, 0.15) is 31.7 Å². The Bertz CT molecular complexity index is 387. The fraction of sp³-hybridized carbons (Fsp3) is 0.667. The normalized spacial score (nSPS) is 19.1. The van der Waals surface area contributed by atoms with Crippen LogP contribution in [0.3, 0.4) is 0 Å². The number of nitrogens with zero attached hydrogens (tertiary/aromatic N) is 1. The Balaban J connectivity index is 1.82. The first kappa shape index (κ1) is 12.1. The standard InChI is InChI=1S/C12H19N3O2/c1-8(2)3-4-17-12(16)10-5-9-11(6-13-10)15-7-14-9/h7-8,10,13H,3-6H2,1-2H3,(H,14,15). The van der Waals surface area contributed by atoms with Crippen molar-refractivity contribution in [1.29, 1.82) is 0 Å². The van der Waals surface area contributed by atoms with E-state index in [9.17, 15) is 4.79 Å². The molecule has 0 amide bonds. The smallest absolute Gasteiger partial charge is 0.323 e. The van der Waals surface area contributed by atoms with E-state index in [0.29, 0.717) is 25.5 Å². The van der Waals surface area contributed by atoms with Crippen molar-refractivity contribution in [2.45, 2.75) is 39.3 Å². The molecule has 0 aliphatic carbocycles. The number of fused-ring (bicyclic) bond motifs is 1. The van der Waals surface area contributed by atoms with Crippen LogP contribution in [0.5, 0.6) is 0 Å². The summed E-state index contributed by atoms with van der Waals surface area (Å²) < 4.78 is 5.24. The summed E-state index contributed by atoms with van der Waals surface area (Å²) in [5.74, 6) is 0.388. The molecule has 2 N–H and O–H groups in total. The summed E-state index contributed by atoms with van der Waals surface area (Å²) in [7, 11) is 0. The van der Waals surface area contributed by atoms with Crippen molar-refractivity contribution >= 4 is 5.97 Å². The second kappa shape index (κ2) is 5.31. The molecule has 0 fully saturated rings. The lowest BCUT2D eigenvalue weighted by atomic mass is 10.1. The lowest BCUT2D eigenvalue weighted by molar-refractivity contribution is -0.146. The van der Waals surface area contributed by atoms with Crippen LogP contribution in [0.4, 0.5) is 0 Å². The van der Waals surface area contributed by atoms with Gasteiger partial charge in [-0.15, -0.1) is 0 Å². The number of rotatable bonds is 4. The molecule has 5 nitrogen and oxygen atoms in total. The van der Waals surface area contributed by atoms with Gasteiger partial charge in [-0.3, -0.25) is 10.1 Å². The number of ether oxygens (including phenoxy) is 1. The molecule has 0 spiro atoms. The highest BCUT2D eigenvalue weighted by atomic mass is 16.5. The van der Waals surface area contributed by atoms with Gasteiger partial charge in [0.15, 0.2) is 0 Å². The van der Waals surface area contributed by atoms with Gasteiger partial charge >= 0.3 is 5.97 Å². The van der Waals surface area contributed by atoms with Gasteiger partial charge in [0.05, 0.1) is 24.3 Å². The quantitative estimate of drug-likeness (QED) is 0.767. The molecule has 1 aromatic rings. The molecule has 5 heteroatoms. The Kier molecular flexibility index (Phi) is 3.78. The number of esters is 1. The summed E-state index contributed by atoms with van der Waals surface area (Å²) in [5, 5.41) is 3.15. The molecule has 2 heterocycles.